The zero-order chi connectivity index (χ0) is 2.71. The molecule has 0 aromatic rings. The number of halogens is 2. The first kappa shape index (κ1) is 25.9. The number of rotatable bonds is 0. The van der Waals surface area contributed by atoms with Crippen molar-refractivity contribution in [1.29, 1.82) is 0 Å². The molecule has 0 bridgehead atoms. The van der Waals surface area contributed by atoms with Crippen molar-refractivity contribution in [3.05, 3.63) is 0 Å². The van der Waals surface area contributed by atoms with Crippen molar-refractivity contribution in [3.63, 3.8) is 0 Å². The van der Waals surface area contributed by atoms with E-state index in [0.717, 1.165) is 0 Å². The summed E-state index contributed by atoms with van der Waals surface area (Å²) in [6, 6.07) is 0. The van der Waals surface area contributed by atoms with Crippen molar-refractivity contribution >= 4 is 20.4 Å². The average molecular weight is 224 g/mol. The maximum Gasteiger partial charge on any atom is 0 e. The molecule has 50 valence electrons. The first-order valence-electron chi connectivity index (χ1n) is 0.239. The average Bonchev–Trinajstić information content (AvgIpc) is 0.918. The van der Waals surface area contributed by atoms with Gasteiger partial charge in [-0.15, -0.1) is 0 Å². The predicted molar refractivity (Wildman–Crippen MR) is 18.9 cm³/mol. The Labute approximate surface area is 60.5 Å². The van der Waals surface area contributed by atoms with E-state index >= 15 is 0 Å². The van der Waals surface area contributed by atoms with Crippen molar-refractivity contribution in [1.82, 2.24) is 0 Å². The summed E-state index contributed by atoms with van der Waals surface area (Å²) in [6.45, 7) is 0. The Balaban J connectivity index is -0.00000000667. The summed E-state index contributed by atoms with van der Waals surface area (Å²) in [7, 11) is 9.40. The van der Waals surface area contributed by atoms with Crippen LogP contribution in [-0.4, -0.2) is 11.0 Å². The molecule has 6 heteroatoms. The van der Waals surface area contributed by atoms with E-state index in [1.54, 1.807) is 0 Å². The van der Waals surface area contributed by atoms with Crippen molar-refractivity contribution in [3.8, 4) is 0 Å². The van der Waals surface area contributed by atoms with Crippen molar-refractivity contribution in [2.45, 2.75) is 0 Å². The van der Waals surface area contributed by atoms with Crippen LogP contribution in [0.15, 0.2) is 0 Å². The summed E-state index contributed by atoms with van der Waals surface area (Å²) in [5, 5.41) is 0. The summed E-state index contributed by atoms with van der Waals surface area (Å²) in [5.74, 6) is 0. The second kappa shape index (κ2) is 31.6. The van der Waals surface area contributed by atoms with E-state index in [1.165, 1.54) is 0 Å². The molecule has 0 radical (unpaired) electrons. The van der Waals surface area contributed by atoms with Gasteiger partial charge in [-0.1, -0.05) is 0 Å². The van der Waals surface area contributed by atoms with E-state index in [4.69, 9.17) is 20.4 Å². The molecule has 0 atom stereocenters. The monoisotopic (exact) mass is 222 g/mol. The van der Waals surface area contributed by atoms with Gasteiger partial charge in [-0.05, 0) is 0 Å². The molecule has 0 aromatic heterocycles. The van der Waals surface area contributed by atoms with Gasteiger partial charge in [-0.2, -0.15) is 0 Å². The third kappa shape index (κ3) is 50.0. The Bertz CT molecular complexity index is 9.51. The van der Waals surface area contributed by atoms with Crippen LogP contribution in [0.5, 0.6) is 0 Å². The van der Waals surface area contributed by atoms with Gasteiger partial charge in [-0.25, -0.2) is 0 Å². The summed E-state index contributed by atoms with van der Waals surface area (Å²) in [5.41, 5.74) is 0. The fourth-order valence-electron chi connectivity index (χ4n) is 0. The first-order valence-corrected chi connectivity index (χ1v) is 2.96. The zero-order valence-electron chi connectivity index (χ0n) is 2.39. The van der Waals surface area contributed by atoms with Crippen LogP contribution < -0.4 is 0 Å². The molecule has 0 rings (SSSR count). The van der Waals surface area contributed by atoms with Gasteiger partial charge in [0.2, 0.25) is 0 Å². The molecule has 6 heavy (non-hydrogen) atoms. The first-order chi connectivity index (χ1) is 1.41. The van der Waals surface area contributed by atoms with Crippen LogP contribution in [0.1, 0.15) is 0 Å². The predicted octanol–water partition coefficient (Wildman–Crippen LogP) is -0.275. The van der Waals surface area contributed by atoms with Crippen molar-refractivity contribution in [2.75, 3.05) is 0 Å². The van der Waals surface area contributed by atoms with Crippen molar-refractivity contribution < 1.29 is 40.1 Å². The molecule has 0 amide bonds. The summed E-state index contributed by atoms with van der Waals surface area (Å²) < 4.78 is 0. The van der Waals surface area contributed by atoms with Gasteiger partial charge in [0.25, 0.3) is 0 Å². The topological polar surface area (TPSA) is 63.0 Å². The maximum atomic E-state index is 4.70. The van der Waals surface area contributed by atoms with Gasteiger partial charge < -0.3 is 11.0 Å². The smallest absolute Gasteiger partial charge is 0 e. The molecule has 0 saturated heterocycles. The Kier molecular flexibility index (Phi) is 136. The molecule has 0 fully saturated rings. The quantitative estimate of drug-likeness (QED) is 0.508. The molecule has 2 nitrogen and oxygen atoms in total. The van der Waals surface area contributed by atoms with E-state index in [0.29, 0.717) is 12.7 Å². The zero-order valence-corrected chi connectivity index (χ0v) is 5.88. The van der Waals surface area contributed by atoms with E-state index in [-0.39, 0.29) is 27.4 Å². The third-order valence-corrected chi connectivity index (χ3v) is 0. The van der Waals surface area contributed by atoms with Gasteiger partial charge in [0.05, 0.1) is 0 Å². The van der Waals surface area contributed by atoms with Gasteiger partial charge in [0, 0.05) is 16.5 Å². The van der Waals surface area contributed by atoms with E-state index in [2.05, 4.69) is 0 Å². The molecule has 0 spiro atoms. The maximum absolute atomic E-state index is 4.70. The summed E-state index contributed by atoms with van der Waals surface area (Å²) in [4.78, 5) is 0. The van der Waals surface area contributed by atoms with Crippen LogP contribution in [0.25, 0.3) is 0 Å². The Hall–Kier alpha value is 1.49. The van der Waals surface area contributed by atoms with Crippen LogP contribution in [0.3, 0.4) is 0 Å². The number of hydrogen-bond donors (Lipinski definition) is 0. The Morgan fingerprint density at radius 3 is 1.00 bits per heavy atom. The van der Waals surface area contributed by atoms with Gasteiger partial charge >= 0.3 is 33.0 Å². The van der Waals surface area contributed by atoms with E-state index in [1.807, 2.05) is 0 Å². The fourth-order valence-corrected chi connectivity index (χ4v) is 0. The molecule has 0 saturated carbocycles. The normalized spacial score (nSPS) is 3.67. The van der Waals surface area contributed by atoms with Gasteiger partial charge in [-0.3, -0.25) is 0 Å². The Morgan fingerprint density at radius 1 is 1.00 bits per heavy atom. The summed E-state index contributed by atoms with van der Waals surface area (Å²) in [6.07, 6.45) is 0. The molecule has 0 aliphatic heterocycles. The van der Waals surface area contributed by atoms with E-state index < -0.39 is 0 Å². The molecule has 0 aromatic carbocycles. The third-order valence-electron chi connectivity index (χ3n) is 0. The van der Waals surface area contributed by atoms with Crippen molar-refractivity contribution in [2.24, 2.45) is 0 Å². The minimum absolute atomic E-state index is 0. The second-order valence-electron chi connectivity index (χ2n) is 0.0452. The number of hydrogen-bond acceptors (Lipinski definition) is 0. The minimum atomic E-state index is 0. The largest absolute Gasteiger partial charge is 0 e. The molecule has 0 unspecified atom stereocenters. The molecular weight excluding hydrogens is 220 g/mol. The molecule has 4 N–H and O–H groups in total. The van der Waals surface area contributed by atoms with Crippen LogP contribution in [-0.2, 0) is 29.1 Å². The van der Waals surface area contributed by atoms with E-state index in [9.17, 15) is 0 Å². The van der Waals surface area contributed by atoms with Gasteiger partial charge in [0.1, 0.15) is 0 Å². The van der Waals surface area contributed by atoms with Crippen LogP contribution in [0.2, 0.25) is 0 Å². The summed E-state index contributed by atoms with van der Waals surface area (Å²) >= 11 is 0.569. The standard InChI is InChI=1S/2ClH.2Ni.2H2O/h2*1H;;;2*1H2/q;;;+2;;/p-2. The SMILES string of the molecule is O.O.[Cl][Ni][Cl].[Ni]. The fraction of sp³-hybridized carbons (Fsp3) is 0. The molecule has 0 aliphatic carbocycles. The molecular formula is H4Cl2Ni2O2. The molecule has 0 heterocycles. The molecule has 0 aliphatic rings. The van der Waals surface area contributed by atoms with Crippen LogP contribution in [0.4, 0.5) is 0 Å². The van der Waals surface area contributed by atoms with Crippen LogP contribution >= 0.6 is 20.4 Å². The van der Waals surface area contributed by atoms with Gasteiger partial charge in [0.15, 0.2) is 0 Å². The second-order valence-corrected chi connectivity index (χ2v) is 1.68. The van der Waals surface area contributed by atoms with Crippen LogP contribution in [0, 0.1) is 0 Å². The Morgan fingerprint density at radius 2 is 1.00 bits per heavy atom. The minimum Gasteiger partial charge on any atom is 0 e.